The smallest absolute Gasteiger partial charge is 0.224 e. The van der Waals surface area contributed by atoms with Crippen LogP contribution >= 0.6 is 24.0 Å². The minimum atomic E-state index is -0.111. The topological polar surface area (TPSA) is 50.4 Å². The van der Waals surface area contributed by atoms with E-state index in [0.29, 0.717) is 17.5 Å². The molecular formula is C17H28Cl2N2O2. The molecule has 0 aliphatic rings. The summed E-state index contributed by atoms with van der Waals surface area (Å²) in [6, 6.07) is 5.40. The number of carbonyl (C=O) groups is 1. The van der Waals surface area contributed by atoms with Gasteiger partial charge in [0.15, 0.2) is 0 Å². The number of ether oxygens (including phenoxy) is 1. The number of rotatable bonds is 8. The van der Waals surface area contributed by atoms with E-state index in [2.05, 4.69) is 24.5 Å². The second-order valence-electron chi connectivity index (χ2n) is 6.04. The van der Waals surface area contributed by atoms with Gasteiger partial charge in [0.1, 0.15) is 5.75 Å². The summed E-state index contributed by atoms with van der Waals surface area (Å²) in [5.74, 6) is 1.12. The SMILES string of the molecule is CNCC(C)C(=O)NC(CC(C)C)c1cc(Cl)ccc1OC.Cl. The molecule has 4 nitrogen and oxygen atoms in total. The Morgan fingerprint density at radius 3 is 2.48 bits per heavy atom. The number of nitrogens with one attached hydrogen (secondary N) is 2. The third-order valence-corrected chi connectivity index (χ3v) is 3.78. The Labute approximate surface area is 150 Å². The van der Waals surface area contributed by atoms with E-state index >= 15 is 0 Å². The lowest BCUT2D eigenvalue weighted by Crippen LogP contribution is -2.37. The second-order valence-corrected chi connectivity index (χ2v) is 6.47. The van der Waals surface area contributed by atoms with Crippen LogP contribution in [0.15, 0.2) is 18.2 Å². The summed E-state index contributed by atoms with van der Waals surface area (Å²) < 4.78 is 5.43. The van der Waals surface area contributed by atoms with E-state index in [1.165, 1.54) is 0 Å². The van der Waals surface area contributed by atoms with Crippen LogP contribution in [0.3, 0.4) is 0 Å². The zero-order chi connectivity index (χ0) is 16.7. The molecule has 0 aromatic heterocycles. The lowest BCUT2D eigenvalue weighted by molar-refractivity contribution is -0.125. The average molecular weight is 363 g/mol. The number of halogens is 2. The van der Waals surface area contributed by atoms with Gasteiger partial charge in [-0.05, 0) is 37.6 Å². The molecule has 23 heavy (non-hydrogen) atoms. The van der Waals surface area contributed by atoms with Crippen LogP contribution in [0.4, 0.5) is 0 Å². The normalized spacial score (nSPS) is 13.2. The van der Waals surface area contributed by atoms with Crippen LogP contribution in [0.1, 0.15) is 38.8 Å². The third-order valence-electron chi connectivity index (χ3n) is 3.55. The number of benzene rings is 1. The van der Waals surface area contributed by atoms with E-state index < -0.39 is 0 Å². The molecule has 1 rings (SSSR count). The predicted molar refractivity (Wildman–Crippen MR) is 98.7 cm³/mol. The summed E-state index contributed by atoms with van der Waals surface area (Å²) in [6.07, 6.45) is 0.828. The summed E-state index contributed by atoms with van der Waals surface area (Å²) in [5.41, 5.74) is 0.925. The van der Waals surface area contributed by atoms with Gasteiger partial charge in [-0.2, -0.15) is 0 Å². The fourth-order valence-electron chi connectivity index (χ4n) is 2.43. The molecule has 0 heterocycles. The molecule has 2 N–H and O–H groups in total. The van der Waals surface area contributed by atoms with Gasteiger partial charge in [0.25, 0.3) is 0 Å². The molecule has 6 heteroatoms. The van der Waals surface area contributed by atoms with E-state index in [4.69, 9.17) is 16.3 Å². The highest BCUT2D eigenvalue weighted by atomic mass is 35.5. The van der Waals surface area contributed by atoms with Crippen LogP contribution in [0.5, 0.6) is 5.75 Å². The van der Waals surface area contributed by atoms with Crippen molar-refractivity contribution in [2.45, 2.75) is 33.2 Å². The highest BCUT2D eigenvalue weighted by Gasteiger charge is 2.22. The minimum Gasteiger partial charge on any atom is -0.496 e. The van der Waals surface area contributed by atoms with E-state index in [0.717, 1.165) is 17.7 Å². The van der Waals surface area contributed by atoms with Gasteiger partial charge in [0.05, 0.1) is 13.2 Å². The lowest BCUT2D eigenvalue weighted by atomic mass is 9.95. The third kappa shape index (κ3) is 6.98. The first-order valence-electron chi connectivity index (χ1n) is 7.67. The zero-order valence-electron chi connectivity index (χ0n) is 14.5. The molecule has 132 valence electrons. The van der Waals surface area contributed by atoms with Crippen molar-refractivity contribution in [2.24, 2.45) is 11.8 Å². The van der Waals surface area contributed by atoms with Crippen molar-refractivity contribution in [3.05, 3.63) is 28.8 Å². The van der Waals surface area contributed by atoms with Gasteiger partial charge < -0.3 is 15.4 Å². The monoisotopic (exact) mass is 362 g/mol. The van der Waals surface area contributed by atoms with Crippen LogP contribution in [-0.4, -0.2) is 26.6 Å². The first-order chi connectivity index (χ1) is 10.4. The first kappa shape index (κ1) is 22.0. The van der Waals surface area contributed by atoms with E-state index in [1.54, 1.807) is 13.2 Å². The molecule has 1 aromatic rings. The molecule has 1 amide bonds. The Bertz CT molecular complexity index is 495. The van der Waals surface area contributed by atoms with Crippen LogP contribution in [0, 0.1) is 11.8 Å². The maximum absolute atomic E-state index is 12.4. The Kier molecular flexibility index (Phi) is 10.3. The average Bonchev–Trinajstić information content (AvgIpc) is 2.46. The van der Waals surface area contributed by atoms with Crippen molar-refractivity contribution in [1.29, 1.82) is 0 Å². The van der Waals surface area contributed by atoms with Crippen molar-refractivity contribution in [1.82, 2.24) is 10.6 Å². The highest BCUT2D eigenvalue weighted by molar-refractivity contribution is 6.30. The van der Waals surface area contributed by atoms with Gasteiger partial charge in [0, 0.05) is 23.0 Å². The maximum Gasteiger partial charge on any atom is 0.224 e. The molecule has 2 atom stereocenters. The standard InChI is InChI=1S/C17H27ClN2O2.ClH/c1-11(2)8-15(20-17(21)12(3)10-19-4)14-9-13(18)6-7-16(14)22-5;/h6-7,9,11-12,15,19H,8,10H2,1-5H3,(H,20,21);1H. The Hall–Kier alpha value is -0.970. The molecular weight excluding hydrogens is 335 g/mol. The molecule has 2 unspecified atom stereocenters. The van der Waals surface area contributed by atoms with Gasteiger partial charge in [-0.25, -0.2) is 0 Å². The molecule has 0 saturated carbocycles. The van der Waals surface area contributed by atoms with Crippen LogP contribution < -0.4 is 15.4 Å². The number of carbonyl (C=O) groups excluding carboxylic acids is 1. The number of hydrogen-bond donors (Lipinski definition) is 2. The summed E-state index contributed by atoms with van der Waals surface area (Å²) in [6.45, 7) is 6.82. The number of hydrogen-bond acceptors (Lipinski definition) is 3. The van der Waals surface area contributed by atoms with Crippen molar-refractivity contribution in [2.75, 3.05) is 20.7 Å². The van der Waals surface area contributed by atoms with Crippen LogP contribution in [0.25, 0.3) is 0 Å². The quantitative estimate of drug-likeness (QED) is 0.738. The van der Waals surface area contributed by atoms with Crippen molar-refractivity contribution in [3.8, 4) is 5.75 Å². The van der Waals surface area contributed by atoms with E-state index in [1.807, 2.05) is 26.1 Å². The van der Waals surface area contributed by atoms with Crippen molar-refractivity contribution < 1.29 is 9.53 Å². The van der Waals surface area contributed by atoms with Crippen LogP contribution in [-0.2, 0) is 4.79 Å². The molecule has 0 spiro atoms. The van der Waals surface area contributed by atoms with Crippen LogP contribution in [0.2, 0.25) is 5.02 Å². The molecule has 0 saturated heterocycles. The highest BCUT2D eigenvalue weighted by Crippen LogP contribution is 2.32. The molecule has 0 aliphatic heterocycles. The summed E-state index contributed by atoms with van der Waals surface area (Å²) in [5, 5.41) is 6.80. The Balaban J connectivity index is 0.00000484. The zero-order valence-corrected chi connectivity index (χ0v) is 16.1. The Morgan fingerprint density at radius 1 is 1.30 bits per heavy atom. The predicted octanol–water partition coefficient (Wildman–Crippen LogP) is 3.83. The molecule has 0 aliphatic carbocycles. The van der Waals surface area contributed by atoms with Gasteiger partial charge in [-0.15, -0.1) is 12.4 Å². The lowest BCUT2D eigenvalue weighted by Gasteiger charge is -2.25. The summed E-state index contributed by atoms with van der Waals surface area (Å²) in [7, 11) is 3.47. The summed E-state index contributed by atoms with van der Waals surface area (Å²) in [4.78, 5) is 12.4. The second kappa shape index (κ2) is 10.7. The summed E-state index contributed by atoms with van der Waals surface area (Å²) >= 11 is 6.12. The van der Waals surface area contributed by atoms with Crippen molar-refractivity contribution >= 4 is 29.9 Å². The van der Waals surface area contributed by atoms with Gasteiger partial charge in [-0.3, -0.25) is 4.79 Å². The largest absolute Gasteiger partial charge is 0.496 e. The number of amides is 1. The van der Waals surface area contributed by atoms with Crippen molar-refractivity contribution in [3.63, 3.8) is 0 Å². The van der Waals surface area contributed by atoms with E-state index in [-0.39, 0.29) is 30.3 Å². The van der Waals surface area contributed by atoms with E-state index in [9.17, 15) is 4.79 Å². The van der Waals surface area contributed by atoms with Gasteiger partial charge in [-0.1, -0.05) is 32.4 Å². The fourth-order valence-corrected chi connectivity index (χ4v) is 2.61. The first-order valence-corrected chi connectivity index (χ1v) is 8.05. The molecule has 0 fully saturated rings. The molecule has 0 radical (unpaired) electrons. The maximum atomic E-state index is 12.4. The minimum absolute atomic E-state index is 0. The fraction of sp³-hybridized carbons (Fsp3) is 0.588. The number of methoxy groups -OCH3 is 1. The Morgan fingerprint density at radius 2 is 1.96 bits per heavy atom. The molecule has 1 aromatic carbocycles. The van der Waals surface area contributed by atoms with Gasteiger partial charge >= 0.3 is 0 Å². The molecule has 0 bridgehead atoms. The van der Waals surface area contributed by atoms with Gasteiger partial charge in [0.2, 0.25) is 5.91 Å².